The van der Waals surface area contributed by atoms with E-state index < -0.39 is 29.5 Å². The Labute approximate surface area is 160 Å². The highest BCUT2D eigenvalue weighted by Crippen LogP contribution is 2.43. The quantitative estimate of drug-likeness (QED) is 0.385. The molecule has 0 bridgehead atoms. The number of hydrogen-bond acceptors (Lipinski definition) is 4. The molecule has 0 radical (unpaired) electrons. The lowest BCUT2D eigenvalue weighted by Crippen LogP contribution is -2.30. The standard InChI is InChI=1S/C19H10F6N4/c1-29(9-27)17-13-5-3-10(18(20,21)22)6-14(13)16(28-8-26)12-4-2-11(7-15(12)17)19(23,24)25/h2-7,17H,1H3. The molecule has 1 atom stereocenters. The zero-order valence-corrected chi connectivity index (χ0v) is 14.6. The summed E-state index contributed by atoms with van der Waals surface area (Å²) in [7, 11) is 1.31. The number of halogens is 6. The third kappa shape index (κ3) is 3.49. The molecular weight excluding hydrogens is 398 g/mol. The molecule has 1 aliphatic carbocycles. The van der Waals surface area contributed by atoms with Gasteiger partial charge < -0.3 is 4.90 Å². The van der Waals surface area contributed by atoms with Gasteiger partial charge in [0.25, 0.3) is 0 Å². The van der Waals surface area contributed by atoms with Crippen LogP contribution in [0.3, 0.4) is 0 Å². The number of benzene rings is 2. The molecule has 0 spiro atoms. The number of hydrogen-bond donors (Lipinski definition) is 0. The van der Waals surface area contributed by atoms with Gasteiger partial charge >= 0.3 is 12.4 Å². The van der Waals surface area contributed by atoms with Crippen LogP contribution in [-0.4, -0.2) is 17.7 Å². The van der Waals surface area contributed by atoms with E-state index in [9.17, 15) is 31.6 Å². The Balaban J connectivity index is 2.37. The maximum Gasteiger partial charge on any atom is 0.416 e. The fourth-order valence-corrected chi connectivity index (χ4v) is 3.32. The molecule has 0 amide bonds. The predicted octanol–water partition coefficient (Wildman–Crippen LogP) is 4.86. The zero-order valence-electron chi connectivity index (χ0n) is 14.6. The van der Waals surface area contributed by atoms with Gasteiger partial charge in [0.15, 0.2) is 6.19 Å². The molecule has 1 unspecified atom stereocenters. The summed E-state index contributed by atoms with van der Waals surface area (Å²) in [6, 6.07) is 4.20. The number of fused-ring (bicyclic) bond motifs is 2. The Morgan fingerprint density at radius 2 is 1.45 bits per heavy atom. The summed E-state index contributed by atoms with van der Waals surface area (Å²) in [4.78, 5) is 4.61. The van der Waals surface area contributed by atoms with Crippen molar-refractivity contribution in [3.8, 4) is 12.4 Å². The van der Waals surface area contributed by atoms with Gasteiger partial charge in [-0.25, -0.2) is 0 Å². The van der Waals surface area contributed by atoms with Gasteiger partial charge in [0, 0.05) is 18.2 Å². The number of rotatable bonds is 1. The fourth-order valence-electron chi connectivity index (χ4n) is 3.32. The summed E-state index contributed by atoms with van der Waals surface area (Å²) in [5.74, 6) is 0. The van der Waals surface area contributed by atoms with Gasteiger partial charge in [-0.05, 0) is 35.4 Å². The first kappa shape index (κ1) is 20.2. The SMILES string of the molecule is CN(C#N)C1c2ccc(C(F)(F)F)cc2C(=NC#N)c2ccc(C(F)(F)F)cc21. The van der Waals surface area contributed by atoms with Gasteiger partial charge in [-0.1, -0.05) is 12.1 Å². The third-order valence-corrected chi connectivity index (χ3v) is 4.57. The topological polar surface area (TPSA) is 63.2 Å². The second-order valence-electron chi connectivity index (χ2n) is 6.27. The minimum Gasteiger partial charge on any atom is -0.302 e. The van der Waals surface area contributed by atoms with E-state index in [-0.39, 0.29) is 28.0 Å². The van der Waals surface area contributed by atoms with Crippen LogP contribution in [-0.2, 0) is 12.4 Å². The molecule has 1 aliphatic rings. The lowest BCUT2D eigenvalue weighted by atomic mass is 9.79. The zero-order chi connectivity index (χ0) is 21.6. The van der Waals surface area contributed by atoms with Crippen molar-refractivity contribution in [3.63, 3.8) is 0 Å². The third-order valence-electron chi connectivity index (χ3n) is 4.57. The smallest absolute Gasteiger partial charge is 0.302 e. The Morgan fingerprint density at radius 3 is 2.00 bits per heavy atom. The lowest BCUT2D eigenvalue weighted by molar-refractivity contribution is -0.138. The highest BCUT2D eigenvalue weighted by atomic mass is 19.4. The lowest BCUT2D eigenvalue weighted by Gasteiger charge is -2.33. The van der Waals surface area contributed by atoms with E-state index >= 15 is 0 Å². The second-order valence-corrected chi connectivity index (χ2v) is 6.27. The molecule has 3 rings (SSSR count). The van der Waals surface area contributed by atoms with Crippen LogP contribution in [0.1, 0.15) is 39.4 Å². The maximum absolute atomic E-state index is 13.2. The normalized spacial score (nSPS) is 17.1. The van der Waals surface area contributed by atoms with Crippen LogP contribution in [0.5, 0.6) is 0 Å². The monoisotopic (exact) mass is 408 g/mol. The molecule has 148 valence electrons. The molecule has 0 fully saturated rings. The Bertz CT molecular complexity index is 1090. The number of aliphatic imine (C=N–C) groups is 1. The van der Waals surface area contributed by atoms with Gasteiger partial charge in [-0.2, -0.15) is 41.9 Å². The predicted molar refractivity (Wildman–Crippen MR) is 89.4 cm³/mol. The van der Waals surface area contributed by atoms with E-state index in [1.807, 2.05) is 0 Å². The van der Waals surface area contributed by atoms with E-state index in [2.05, 4.69) is 4.99 Å². The molecule has 10 heteroatoms. The summed E-state index contributed by atoms with van der Waals surface area (Å²) < 4.78 is 79.2. The molecule has 2 aromatic rings. The first-order chi connectivity index (χ1) is 13.5. The molecule has 0 saturated heterocycles. The fraction of sp³-hybridized carbons (Fsp3) is 0.211. The minimum absolute atomic E-state index is 0.0186. The van der Waals surface area contributed by atoms with Gasteiger partial charge in [-0.3, -0.25) is 0 Å². The average molecular weight is 408 g/mol. The maximum atomic E-state index is 13.2. The molecule has 0 aliphatic heterocycles. The summed E-state index contributed by atoms with van der Waals surface area (Å²) in [5, 5.41) is 18.3. The van der Waals surface area contributed by atoms with Crippen molar-refractivity contribution in [2.75, 3.05) is 7.05 Å². The minimum atomic E-state index is -4.68. The molecule has 2 aromatic carbocycles. The van der Waals surface area contributed by atoms with Gasteiger partial charge in [0.05, 0.1) is 22.9 Å². The van der Waals surface area contributed by atoms with Crippen LogP contribution in [0.4, 0.5) is 26.3 Å². The van der Waals surface area contributed by atoms with Gasteiger partial charge in [0.1, 0.15) is 0 Å². The summed E-state index contributed by atoms with van der Waals surface area (Å²) >= 11 is 0. The van der Waals surface area contributed by atoms with E-state index in [1.165, 1.54) is 13.2 Å². The average Bonchev–Trinajstić information content (AvgIpc) is 2.65. The van der Waals surface area contributed by atoms with Crippen molar-refractivity contribution in [2.45, 2.75) is 18.4 Å². The summed E-state index contributed by atoms with van der Waals surface area (Å²) in [5.41, 5.74) is -2.03. The molecular formula is C19H10F6N4. The number of alkyl halides is 6. The summed E-state index contributed by atoms with van der Waals surface area (Å²) in [6.45, 7) is 0. The van der Waals surface area contributed by atoms with Crippen LogP contribution in [0.25, 0.3) is 0 Å². The van der Waals surface area contributed by atoms with Crippen molar-refractivity contribution in [1.29, 1.82) is 10.5 Å². The van der Waals surface area contributed by atoms with Crippen molar-refractivity contribution >= 4 is 5.71 Å². The van der Waals surface area contributed by atoms with Crippen molar-refractivity contribution in [1.82, 2.24) is 4.90 Å². The largest absolute Gasteiger partial charge is 0.416 e. The van der Waals surface area contributed by atoms with E-state index in [4.69, 9.17) is 5.26 Å². The summed E-state index contributed by atoms with van der Waals surface area (Å²) in [6.07, 6.45) is -6.07. The first-order valence-corrected chi connectivity index (χ1v) is 8.01. The number of nitrogens with zero attached hydrogens (tertiary/aromatic N) is 4. The van der Waals surface area contributed by atoms with Crippen molar-refractivity contribution in [3.05, 3.63) is 69.8 Å². The van der Waals surface area contributed by atoms with Crippen LogP contribution in [0.15, 0.2) is 41.4 Å². The van der Waals surface area contributed by atoms with E-state index in [0.717, 1.165) is 41.3 Å². The molecule has 4 nitrogen and oxygen atoms in total. The van der Waals surface area contributed by atoms with Crippen molar-refractivity contribution < 1.29 is 26.3 Å². The van der Waals surface area contributed by atoms with Crippen LogP contribution in [0, 0.1) is 22.9 Å². The Kier molecular flexibility index (Phi) is 4.75. The number of nitriles is 2. The second kappa shape index (κ2) is 6.82. The highest BCUT2D eigenvalue weighted by Gasteiger charge is 2.39. The highest BCUT2D eigenvalue weighted by molar-refractivity contribution is 6.16. The van der Waals surface area contributed by atoms with Crippen LogP contribution in [0.2, 0.25) is 0 Å². The Hall–Kier alpha value is -3.53. The van der Waals surface area contributed by atoms with E-state index in [0.29, 0.717) is 0 Å². The van der Waals surface area contributed by atoms with E-state index in [1.54, 1.807) is 6.19 Å². The van der Waals surface area contributed by atoms with Crippen molar-refractivity contribution in [2.24, 2.45) is 4.99 Å². The molecule has 0 aromatic heterocycles. The molecule has 0 heterocycles. The molecule has 0 saturated carbocycles. The Morgan fingerprint density at radius 1 is 0.862 bits per heavy atom. The molecule has 29 heavy (non-hydrogen) atoms. The molecule has 0 N–H and O–H groups in total. The van der Waals surface area contributed by atoms with Gasteiger partial charge in [-0.15, -0.1) is 0 Å². The van der Waals surface area contributed by atoms with Crippen LogP contribution < -0.4 is 0 Å². The van der Waals surface area contributed by atoms with Gasteiger partial charge in [0.2, 0.25) is 6.19 Å². The van der Waals surface area contributed by atoms with Crippen LogP contribution >= 0.6 is 0 Å². The first-order valence-electron chi connectivity index (χ1n) is 8.01.